The van der Waals surface area contributed by atoms with Crippen molar-refractivity contribution in [3.63, 3.8) is 0 Å². The summed E-state index contributed by atoms with van der Waals surface area (Å²) in [4.78, 5) is 10.7. The minimum absolute atomic E-state index is 0.105. The first kappa shape index (κ1) is 9.41. The van der Waals surface area contributed by atoms with Crippen LogP contribution in [0.5, 0.6) is 0 Å². The number of carbonyl (C=O) groups excluding carboxylic acids is 1. The fourth-order valence-corrected chi connectivity index (χ4v) is 1.14. The van der Waals surface area contributed by atoms with Crippen LogP contribution in [0.25, 0.3) is 0 Å². The second kappa shape index (κ2) is 3.55. The highest BCUT2D eigenvalue weighted by molar-refractivity contribution is 5.76. The van der Waals surface area contributed by atoms with E-state index >= 15 is 0 Å². The summed E-state index contributed by atoms with van der Waals surface area (Å²) in [5.41, 5.74) is 0.105. The summed E-state index contributed by atoms with van der Waals surface area (Å²) in [5, 5.41) is 0. The Morgan fingerprint density at radius 2 is 2.10 bits per heavy atom. The molecule has 0 heterocycles. The van der Waals surface area contributed by atoms with Crippen LogP contribution in [0, 0.1) is 5.41 Å². The van der Waals surface area contributed by atoms with E-state index in [0.29, 0.717) is 6.42 Å². The van der Waals surface area contributed by atoms with Gasteiger partial charge in [-0.2, -0.15) is 0 Å². The Bertz CT molecular complexity index is 134. The monoisotopic (exact) mass is 140 g/mol. The van der Waals surface area contributed by atoms with Gasteiger partial charge in [0.1, 0.15) is 5.78 Å². The maximum Gasteiger partial charge on any atom is 0.130 e. The molecule has 0 aromatic carbocycles. The summed E-state index contributed by atoms with van der Waals surface area (Å²) in [6, 6.07) is 0. The van der Waals surface area contributed by atoms with Gasteiger partial charge in [0, 0.05) is 6.42 Å². The van der Waals surface area contributed by atoms with Gasteiger partial charge >= 0.3 is 0 Å². The van der Waals surface area contributed by atoms with E-state index in [1.807, 2.05) is 6.08 Å². The SMILES string of the molecule is C=CCC(C)(C)CC(C)=O. The Balaban J connectivity index is 3.85. The van der Waals surface area contributed by atoms with Crippen molar-refractivity contribution in [2.24, 2.45) is 5.41 Å². The van der Waals surface area contributed by atoms with E-state index in [4.69, 9.17) is 0 Å². The van der Waals surface area contributed by atoms with Crippen LogP contribution in [-0.4, -0.2) is 5.78 Å². The first-order chi connectivity index (χ1) is 4.48. The average molecular weight is 140 g/mol. The Hall–Kier alpha value is -0.590. The normalized spacial score (nSPS) is 11.1. The molecule has 0 aromatic heterocycles. The van der Waals surface area contributed by atoms with Crippen LogP contribution in [-0.2, 0) is 4.79 Å². The fraction of sp³-hybridized carbons (Fsp3) is 0.667. The van der Waals surface area contributed by atoms with Crippen LogP contribution in [0.1, 0.15) is 33.6 Å². The minimum atomic E-state index is 0.105. The summed E-state index contributed by atoms with van der Waals surface area (Å²) in [6.45, 7) is 9.43. The first-order valence-electron chi connectivity index (χ1n) is 3.58. The molecular weight excluding hydrogens is 124 g/mol. The average Bonchev–Trinajstić information content (AvgIpc) is 1.59. The molecule has 0 unspecified atom stereocenters. The number of allylic oxidation sites excluding steroid dienone is 1. The highest BCUT2D eigenvalue weighted by Gasteiger charge is 2.17. The third-order valence-electron chi connectivity index (χ3n) is 1.42. The van der Waals surface area contributed by atoms with Crippen molar-refractivity contribution in [1.29, 1.82) is 0 Å². The molecule has 0 spiro atoms. The van der Waals surface area contributed by atoms with E-state index in [1.165, 1.54) is 0 Å². The van der Waals surface area contributed by atoms with Gasteiger partial charge in [-0.1, -0.05) is 19.9 Å². The molecule has 0 aromatic rings. The molecule has 1 heteroatoms. The maximum absolute atomic E-state index is 10.7. The molecule has 0 radical (unpaired) electrons. The third kappa shape index (κ3) is 4.30. The molecule has 0 fully saturated rings. The summed E-state index contributed by atoms with van der Waals surface area (Å²) < 4.78 is 0. The lowest BCUT2D eigenvalue weighted by molar-refractivity contribution is -0.118. The molecule has 0 aliphatic rings. The van der Waals surface area contributed by atoms with Crippen molar-refractivity contribution in [3.05, 3.63) is 12.7 Å². The number of rotatable bonds is 4. The van der Waals surface area contributed by atoms with E-state index in [2.05, 4.69) is 20.4 Å². The van der Waals surface area contributed by atoms with Crippen molar-refractivity contribution >= 4 is 5.78 Å². The maximum atomic E-state index is 10.7. The highest BCUT2D eigenvalue weighted by Crippen LogP contribution is 2.25. The molecule has 0 saturated carbocycles. The molecule has 0 atom stereocenters. The first-order valence-corrected chi connectivity index (χ1v) is 3.58. The molecule has 0 saturated heterocycles. The van der Waals surface area contributed by atoms with E-state index in [9.17, 15) is 4.79 Å². The molecule has 58 valence electrons. The Kier molecular flexibility index (Phi) is 3.34. The van der Waals surface area contributed by atoms with Crippen LogP contribution in [0.2, 0.25) is 0 Å². The summed E-state index contributed by atoms with van der Waals surface area (Å²) in [5.74, 6) is 0.256. The Labute approximate surface area is 63.1 Å². The van der Waals surface area contributed by atoms with Gasteiger partial charge in [0.2, 0.25) is 0 Å². The lowest BCUT2D eigenvalue weighted by atomic mass is 9.84. The smallest absolute Gasteiger partial charge is 0.130 e. The van der Waals surface area contributed by atoms with E-state index in [1.54, 1.807) is 6.92 Å². The van der Waals surface area contributed by atoms with Crippen LogP contribution in [0.15, 0.2) is 12.7 Å². The molecule has 0 aliphatic heterocycles. The van der Waals surface area contributed by atoms with Gasteiger partial charge in [0.25, 0.3) is 0 Å². The zero-order chi connectivity index (χ0) is 8.20. The van der Waals surface area contributed by atoms with Crippen molar-refractivity contribution in [1.82, 2.24) is 0 Å². The van der Waals surface area contributed by atoms with Gasteiger partial charge in [0.05, 0.1) is 0 Å². The number of ketones is 1. The second-order valence-corrected chi connectivity index (χ2v) is 3.54. The second-order valence-electron chi connectivity index (χ2n) is 3.54. The standard InChI is InChI=1S/C9H16O/c1-5-6-9(3,4)7-8(2)10/h5H,1,6-7H2,2-4H3. The molecular formula is C9H16O. The molecule has 10 heavy (non-hydrogen) atoms. The van der Waals surface area contributed by atoms with Crippen molar-refractivity contribution in [2.45, 2.75) is 33.6 Å². The molecule has 0 N–H and O–H groups in total. The van der Waals surface area contributed by atoms with Crippen molar-refractivity contribution in [3.8, 4) is 0 Å². The summed E-state index contributed by atoms with van der Waals surface area (Å²) in [7, 11) is 0. The number of Topliss-reactive ketones (excluding diaryl/α,β-unsaturated/α-hetero) is 1. The van der Waals surface area contributed by atoms with E-state index in [0.717, 1.165) is 6.42 Å². The molecule has 1 nitrogen and oxygen atoms in total. The van der Waals surface area contributed by atoms with E-state index in [-0.39, 0.29) is 11.2 Å². The highest BCUT2D eigenvalue weighted by atomic mass is 16.1. The van der Waals surface area contributed by atoms with E-state index < -0.39 is 0 Å². The Morgan fingerprint density at radius 3 is 2.40 bits per heavy atom. The molecule has 0 amide bonds. The van der Waals surface area contributed by atoms with Gasteiger partial charge < -0.3 is 4.79 Å². The van der Waals surface area contributed by atoms with Crippen LogP contribution >= 0.6 is 0 Å². The largest absolute Gasteiger partial charge is 0.300 e. The number of hydrogen-bond donors (Lipinski definition) is 0. The van der Waals surface area contributed by atoms with Gasteiger partial charge in [-0.05, 0) is 18.8 Å². The van der Waals surface area contributed by atoms with Gasteiger partial charge in [0.15, 0.2) is 0 Å². The topological polar surface area (TPSA) is 17.1 Å². The van der Waals surface area contributed by atoms with Crippen LogP contribution in [0.4, 0.5) is 0 Å². The third-order valence-corrected chi connectivity index (χ3v) is 1.42. The Morgan fingerprint density at radius 1 is 1.60 bits per heavy atom. The van der Waals surface area contributed by atoms with Crippen LogP contribution < -0.4 is 0 Å². The van der Waals surface area contributed by atoms with Crippen molar-refractivity contribution in [2.75, 3.05) is 0 Å². The summed E-state index contributed by atoms with van der Waals surface area (Å²) in [6.07, 6.45) is 3.43. The zero-order valence-corrected chi connectivity index (χ0v) is 7.11. The summed E-state index contributed by atoms with van der Waals surface area (Å²) >= 11 is 0. The molecule has 0 aliphatic carbocycles. The van der Waals surface area contributed by atoms with Gasteiger partial charge in [-0.15, -0.1) is 6.58 Å². The fourth-order valence-electron chi connectivity index (χ4n) is 1.14. The quantitative estimate of drug-likeness (QED) is 0.548. The predicted octanol–water partition coefficient (Wildman–Crippen LogP) is 2.57. The van der Waals surface area contributed by atoms with Crippen LogP contribution in [0.3, 0.4) is 0 Å². The minimum Gasteiger partial charge on any atom is -0.300 e. The number of carbonyl (C=O) groups is 1. The zero-order valence-electron chi connectivity index (χ0n) is 7.11. The number of hydrogen-bond acceptors (Lipinski definition) is 1. The molecule has 0 rings (SSSR count). The van der Waals surface area contributed by atoms with Gasteiger partial charge in [-0.25, -0.2) is 0 Å². The van der Waals surface area contributed by atoms with Crippen molar-refractivity contribution < 1.29 is 4.79 Å². The molecule has 0 bridgehead atoms. The lowest BCUT2D eigenvalue weighted by Crippen LogP contribution is -2.13. The lowest BCUT2D eigenvalue weighted by Gasteiger charge is -2.20. The predicted molar refractivity (Wildman–Crippen MR) is 43.9 cm³/mol. The van der Waals surface area contributed by atoms with Gasteiger partial charge in [-0.3, -0.25) is 0 Å².